The largest absolute Gasteiger partial charge is 0.488 e. The smallest absolute Gasteiger partial charge is 0.407 e. The summed E-state index contributed by atoms with van der Waals surface area (Å²) < 4.78 is 27.2. The number of hydrogen-bond acceptors (Lipinski definition) is 4. The first-order valence-corrected chi connectivity index (χ1v) is 13.3. The van der Waals surface area contributed by atoms with Gasteiger partial charge in [0.15, 0.2) is 0 Å². The molecule has 2 bridgehead atoms. The molecule has 2 atom stereocenters. The van der Waals surface area contributed by atoms with Crippen molar-refractivity contribution in [2.24, 2.45) is 11.3 Å². The van der Waals surface area contributed by atoms with Gasteiger partial charge < -0.3 is 14.8 Å². The predicted octanol–water partition coefficient (Wildman–Crippen LogP) is 6.77. The molecule has 3 heterocycles. The van der Waals surface area contributed by atoms with Crippen molar-refractivity contribution < 1.29 is 18.7 Å². The highest BCUT2D eigenvalue weighted by Gasteiger charge is 2.42. The lowest BCUT2D eigenvalue weighted by Gasteiger charge is -2.44. The van der Waals surface area contributed by atoms with Crippen molar-refractivity contribution in [1.82, 2.24) is 10.2 Å². The second kappa shape index (κ2) is 9.21. The van der Waals surface area contributed by atoms with Crippen LogP contribution in [-0.2, 0) is 11.2 Å². The van der Waals surface area contributed by atoms with Crippen LogP contribution >= 0.6 is 11.6 Å². The van der Waals surface area contributed by atoms with Crippen molar-refractivity contribution >= 4 is 17.7 Å². The van der Waals surface area contributed by atoms with Crippen LogP contribution in [0.5, 0.6) is 5.75 Å². The zero-order valence-corrected chi connectivity index (χ0v) is 22.5. The van der Waals surface area contributed by atoms with E-state index in [-0.39, 0.29) is 29.0 Å². The summed E-state index contributed by atoms with van der Waals surface area (Å²) in [5.41, 5.74) is 2.25. The number of rotatable bonds is 4. The average molecular weight is 515 g/mol. The summed E-state index contributed by atoms with van der Waals surface area (Å²) in [5, 5.41) is 3.50. The number of carbonyl (C=O) groups is 1. The summed E-state index contributed by atoms with van der Waals surface area (Å²) in [4.78, 5) is 15.3. The third-order valence-corrected chi connectivity index (χ3v) is 8.05. The first kappa shape index (κ1) is 25.3. The number of alkyl carbamates (subject to hydrolysis) is 1. The number of nitrogens with zero attached hydrogens (tertiary/aromatic N) is 1. The molecule has 3 fully saturated rings. The van der Waals surface area contributed by atoms with Gasteiger partial charge in [0.2, 0.25) is 0 Å². The Bertz CT molecular complexity index is 1170. The molecular formula is C29H36ClFN2O3. The Morgan fingerprint density at radius 1 is 1.14 bits per heavy atom. The summed E-state index contributed by atoms with van der Waals surface area (Å²) in [6.07, 6.45) is 2.39. The second-order valence-corrected chi connectivity index (χ2v) is 12.6. The van der Waals surface area contributed by atoms with E-state index in [4.69, 9.17) is 21.1 Å². The van der Waals surface area contributed by atoms with Crippen LogP contribution in [0.2, 0.25) is 5.02 Å². The third kappa shape index (κ3) is 5.08. The molecule has 3 aliphatic heterocycles. The van der Waals surface area contributed by atoms with Crippen molar-refractivity contribution in [2.75, 3.05) is 19.6 Å². The summed E-state index contributed by atoms with van der Waals surface area (Å²) in [6.45, 7) is 13.1. The van der Waals surface area contributed by atoms with Gasteiger partial charge in [0.25, 0.3) is 0 Å². The molecule has 7 heteroatoms. The average Bonchev–Trinajstić information content (AvgIpc) is 3.02. The number of ether oxygens (including phenoxy) is 2. The molecule has 36 heavy (non-hydrogen) atoms. The number of carbonyl (C=O) groups excluding carboxylic acids is 1. The van der Waals surface area contributed by atoms with Crippen molar-refractivity contribution in [3.05, 3.63) is 52.3 Å². The maximum absolute atomic E-state index is 15.5. The standard InChI is InChI=1S/C29H36ClFN2O3/c1-28(2,3)36-19-6-7-20(23(30)13-19)22-12-18-15-29(4,5)26(21(18)14-24(22)31)32-27(34)35-25-16-33-10-8-17(25)9-11-33/h6-7,12-14,17,25-26H,8-11,15-16H2,1-5H3,(H,32,34)/t25-,26+/m1/s1. The maximum atomic E-state index is 15.5. The molecule has 0 unspecified atom stereocenters. The number of benzene rings is 2. The Hall–Kier alpha value is -2.31. The summed E-state index contributed by atoms with van der Waals surface area (Å²) >= 11 is 6.56. The zero-order chi connectivity index (χ0) is 25.8. The van der Waals surface area contributed by atoms with E-state index in [1.165, 1.54) is 0 Å². The summed E-state index contributed by atoms with van der Waals surface area (Å²) in [6, 6.07) is 8.44. The van der Waals surface area contributed by atoms with Gasteiger partial charge in [-0.25, -0.2) is 9.18 Å². The molecule has 0 radical (unpaired) electrons. The van der Waals surface area contributed by atoms with E-state index in [2.05, 4.69) is 24.1 Å². The van der Waals surface area contributed by atoms with Crippen LogP contribution in [0.4, 0.5) is 9.18 Å². The Labute approximate surface area is 218 Å². The topological polar surface area (TPSA) is 50.8 Å². The Kier molecular flexibility index (Phi) is 6.49. The van der Waals surface area contributed by atoms with E-state index in [9.17, 15) is 4.79 Å². The van der Waals surface area contributed by atoms with Crippen LogP contribution in [0.3, 0.4) is 0 Å². The quantitative estimate of drug-likeness (QED) is 0.489. The molecule has 4 aliphatic rings. The molecule has 5 nitrogen and oxygen atoms in total. The van der Waals surface area contributed by atoms with Crippen LogP contribution in [0.1, 0.15) is 64.6 Å². The minimum atomic E-state index is -0.415. The minimum absolute atomic E-state index is 0.0667. The van der Waals surface area contributed by atoms with Gasteiger partial charge in [0, 0.05) is 17.7 Å². The lowest BCUT2D eigenvalue weighted by molar-refractivity contribution is -0.0349. The van der Waals surface area contributed by atoms with Crippen molar-refractivity contribution in [3.63, 3.8) is 0 Å². The third-order valence-electron chi connectivity index (χ3n) is 7.74. The minimum Gasteiger partial charge on any atom is -0.488 e. The van der Waals surface area contributed by atoms with E-state index in [1.54, 1.807) is 18.2 Å². The summed E-state index contributed by atoms with van der Waals surface area (Å²) in [5.74, 6) is 0.717. The molecule has 0 spiro atoms. The van der Waals surface area contributed by atoms with Gasteiger partial charge in [0.05, 0.1) is 11.1 Å². The van der Waals surface area contributed by atoms with Crippen LogP contribution < -0.4 is 10.1 Å². The molecule has 1 N–H and O–H groups in total. The lowest BCUT2D eigenvalue weighted by Crippen LogP contribution is -2.53. The normalized spacial score (nSPS) is 26.4. The molecule has 1 amide bonds. The van der Waals surface area contributed by atoms with Crippen molar-refractivity contribution in [1.29, 1.82) is 0 Å². The van der Waals surface area contributed by atoms with Crippen LogP contribution in [0.25, 0.3) is 11.1 Å². The second-order valence-electron chi connectivity index (χ2n) is 12.2. The van der Waals surface area contributed by atoms with Crippen LogP contribution in [0, 0.1) is 17.2 Å². The highest BCUT2D eigenvalue weighted by molar-refractivity contribution is 6.33. The Morgan fingerprint density at radius 2 is 1.86 bits per heavy atom. The highest BCUT2D eigenvalue weighted by atomic mass is 35.5. The number of hydrogen-bond donors (Lipinski definition) is 1. The van der Waals surface area contributed by atoms with Gasteiger partial charge in [-0.05, 0) is 106 Å². The van der Waals surface area contributed by atoms with E-state index in [1.807, 2.05) is 32.9 Å². The Balaban J connectivity index is 1.36. The van der Waals surface area contributed by atoms with Gasteiger partial charge in [-0.1, -0.05) is 25.4 Å². The molecule has 0 saturated carbocycles. The monoisotopic (exact) mass is 514 g/mol. The first-order valence-electron chi connectivity index (χ1n) is 12.9. The fourth-order valence-corrected chi connectivity index (χ4v) is 6.29. The fourth-order valence-electron chi connectivity index (χ4n) is 6.01. The molecule has 1 aliphatic carbocycles. The molecule has 0 aromatic heterocycles. The van der Waals surface area contributed by atoms with Gasteiger partial charge in [-0.15, -0.1) is 0 Å². The van der Waals surface area contributed by atoms with Gasteiger partial charge in [-0.3, -0.25) is 4.90 Å². The van der Waals surface area contributed by atoms with Crippen molar-refractivity contribution in [2.45, 2.75) is 71.6 Å². The number of halogens is 2. The molecule has 2 aromatic rings. The molecular weight excluding hydrogens is 479 g/mol. The first-order chi connectivity index (χ1) is 16.9. The fraction of sp³-hybridized carbons (Fsp3) is 0.552. The molecule has 3 saturated heterocycles. The lowest BCUT2D eigenvalue weighted by atomic mass is 9.85. The van der Waals surface area contributed by atoms with Crippen LogP contribution in [0.15, 0.2) is 30.3 Å². The molecule has 2 aromatic carbocycles. The number of fused-ring (bicyclic) bond motifs is 4. The number of nitrogens with one attached hydrogen (secondary N) is 1. The number of amides is 1. The maximum Gasteiger partial charge on any atom is 0.407 e. The van der Waals surface area contributed by atoms with E-state index in [0.717, 1.165) is 43.6 Å². The Morgan fingerprint density at radius 3 is 2.47 bits per heavy atom. The predicted molar refractivity (Wildman–Crippen MR) is 140 cm³/mol. The van der Waals surface area contributed by atoms with Gasteiger partial charge in [-0.2, -0.15) is 0 Å². The number of piperidine rings is 3. The van der Waals surface area contributed by atoms with Crippen molar-refractivity contribution in [3.8, 4) is 16.9 Å². The van der Waals surface area contributed by atoms with E-state index in [0.29, 0.717) is 34.2 Å². The van der Waals surface area contributed by atoms with Gasteiger partial charge >= 0.3 is 6.09 Å². The van der Waals surface area contributed by atoms with Crippen LogP contribution in [-0.4, -0.2) is 42.3 Å². The molecule has 6 rings (SSSR count). The van der Waals surface area contributed by atoms with E-state index >= 15 is 4.39 Å². The van der Waals surface area contributed by atoms with Gasteiger partial charge in [0.1, 0.15) is 23.3 Å². The zero-order valence-electron chi connectivity index (χ0n) is 21.8. The summed E-state index contributed by atoms with van der Waals surface area (Å²) in [7, 11) is 0. The highest BCUT2D eigenvalue weighted by Crippen LogP contribution is 2.47. The SMILES string of the molecule is CC(C)(C)Oc1ccc(-c2cc3c(cc2F)[C@H](NC(=O)O[C@@H]2CN4CCC2CC4)C(C)(C)C3)c(Cl)c1. The van der Waals surface area contributed by atoms with E-state index < -0.39 is 6.09 Å². The molecule has 194 valence electrons.